The molecule has 3 rings (SSSR count). The summed E-state index contributed by atoms with van der Waals surface area (Å²) in [5.74, 6) is 0.736. The van der Waals surface area contributed by atoms with Gasteiger partial charge in [-0.1, -0.05) is 54.1 Å². The fourth-order valence-corrected chi connectivity index (χ4v) is 2.95. The zero-order valence-corrected chi connectivity index (χ0v) is 16.1. The minimum Gasteiger partial charge on any atom is -0.493 e. The van der Waals surface area contributed by atoms with Gasteiger partial charge >= 0.3 is 0 Å². The second-order valence-electron chi connectivity index (χ2n) is 6.42. The van der Waals surface area contributed by atoms with Crippen LogP contribution in [0.1, 0.15) is 17.2 Å². The normalized spacial score (nSPS) is 11.6. The zero-order chi connectivity index (χ0) is 20.1. The second kappa shape index (κ2) is 8.59. The smallest absolute Gasteiger partial charge is 0.257 e. The van der Waals surface area contributed by atoms with Crippen LogP contribution in [0, 0.1) is 6.92 Å². The van der Waals surface area contributed by atoms with E-state index in [1.54, 1.807) is 32.4 Å². The van der Waals surface area contributed by atoms with Gasteiger partial charge in [-0.2, -0.15) is 0 Å². The summed E-state index contributed by atoms with van der Waals surface area (Å²) in [5.41, 5.74) is 3.89. The van der Waals surface area contributed by atoms with Gasteiger partial charge in [-0.05, 0) is 36.2 Å². The number of hydrogen-bond donors (Lipinski definition) is 2. The van der Waals surface area contributed by atoms with E-state index in [2.05, 4.69) is 5.32 Å². The number of amides is 1. The van der Waals surface area contributed by atoms with E-state index in [4.69, 9.17) is 9.47 Å². The monoisotopic (exact) mass is 377 g/mol. The van der Waals surface area contributed by atoms with Crippen molar-refractivity contribution in [3.05, 3.63) is 77.9 Å². The Morgan fingerprint density at radius 1 is 0.929 bits per heavy atom. The Labute approximate surface area is 164 Å². The molecule has 0 aromatic heterocycles. The molecule has 0 spiro atoms. The van der Waals surface area contributed by atoms with Crippen molar-refractivity contribution >= 4 is 11.6 Å². The maximum Gasteiger partial charge on any atom is 0.257 e. The number of carbonyl (C=O) groups excluding carboxylic acids is 1. The third-order valence-electron chi connectivity index (χ3n) is 4.52. The van der Waals surface area contributed by atoms with Crippen LogP contribution < -0.4 is 14.8 Å². The molecular formula is C23H23NO4. The Morgan fingerprint density at radius 3 is 2.29 bits per heavy atom. The van der Waals surface area contributed by atoms with Crippen molar-refractivity contribution < 1.29 is 19.4 Å². The molecule has 28 heavy (non-hydrogen) atoms. The Bertz CT molecular complexity index is 967. The fraction of sp³-hybridized carbons (Fsp3) is 0.174. The van der Waals surface area contributed by atoms with Crippen molar-refractivity contribution in [1.82, 2.24) is 0 Å². The molecule has 0 fully saturated rings. The molecule has 0 radical (unpaired) electrons. The molecule has 1 unspecified atom stereocenters. The van der Waals surface area contributed by atoms with E-state index in [1.165, 1.54) is 0 Å². The average molecular weight is 377 g/mol. The van der Waals surface area contributed by atoms with Crippen molar-refractivity contribution in [2.45, 2.75) is 13.0 Å². The lowest BCUT2D eigenvalue weighted by molar-refractivity contribution is -0.124. The molecule has 2 N–H and O–H groups in total. The van der Waals surface area contributed by atoms with Gasteiger partial charge in [0, 0.05) is 11.3 Å². The summed E-state index contributed by atoms with van der Waals surface area (Å²) in [6.45, 7) is 1.95. The van der Waals surface area contributed by atoms with E-state index in [9.17, 15) is 9.90 Å². The molecule has 5 heteroatoms. The topological polar surface area (TPSA) is 67.8 Å². The Kier molecular flexibility index (Phi) is 5.96. The molecule has 144 valence electrons. The first-order chi connectivity index (χ1) is 13.5. The average Bonchev–Trinajstić information content (AvgIpc) is 2.73. The number of aliphatic hydroxyl groups excluding tert-OH is 1. The van der Waals surface area contributed by atoms with Gasteiger partial charge in [0.2, 0.25) is 0 Å². The molecule has 3 aromatic rings. The maximum absolute atomic E-state index is 12.6. The predicted molar refractivity (Wildman–Crippen MR) is 110 cm³/mol. The molecule has 5 nitrogen and oxygen atoms in total. The van der Waals surface area contributed by atoms with Gasteiger partial charge in [-0.25, -0.2) is 0 Å². The Balaban J connectivity index is 1.88. The van der Waals surface area contributed by atoms with Crippen LogP contribution in [0.25, 0.3) is 11.1 Å². The molecule has 0 aliphatic rings. The highest BCUT2D eigenvalue weighted by Crippen LogP contribution is 2.35. The first-order valence-corrected chi connectivity index (χ1v) is 8.90. The van der Waals surface area contributed by atoms with Crippen LogP contribution in [0.5, 0.6) is 11.5 Å². The Morgan fingerprint density at radius 2 is 1.61 bits per heavy atom. The number of nitrogens with one attached hydrogen (secondary N) is 1. The quantitative estimate of drug-likeness (QED) is 0.670. The summed E-state index contributed by atoms with van der Waals surface area (Å²) in [5, 5.41) is 13.2. The van der Waals surface area contributed by atoms with Gasteiger partial charge in [0.15, 0.2) is 17.6 Å². The molecule has 0 heterocycles. The molecule has 1 amide bonds. The lowest BCUT2D eigenvalue weighted by Gasteiger charge is -2.16. The number of methoxy groups -OCH3 is 2. The molecule has 0 saturated carbocycles. The van der Waals surface area contributed by atoms with Crippen molar-refractivity contribution in [1.29, 1.82) is 0 Å². The van der Waals surface area contributed by atoms with E-state index in [0.717, 1.165) is 16.7 Å². The summed E-state index contributed by atoms with van der Waals surface area (Å²) in [6, 6.07) is 20.2. The number of benzene rings is 3. The lowest BCUT2D eigenvalue weighted by atomic mass is 10.0. The first-order valence-electron chi connectivity index (χ1n) is 8.90. The molecule has 1 atom stereocenters. The van der Waals surface area contributed by atoms with Crippen LogP contribution >= 0.6 is 0 Å². The first kappa shape index (κ1) is 19.5. The van der Waals surface area contributed by atoms with Crippen LogP contribution in [-0.2, 0) is 4.79 Å². The summed E-state index contributed by atoms with van der Waals surface area (Å²) >= 11 is 0. The number of ether oxygens (including phenoxy) is 2. The summed E-state index contributed by atoms with van der Waals surface area (Å²) in [7, 11) is 3.16. The molecule has 3 aromatic carbocycles. The minimum absolute atomic E-state index is 0.489. The van der Waals surface area contributed by atoms with Crippen molar-refractivity contribution in [3.8, 4) is 22.6 Å². The minimum atomic E-state index is -1.25. The number of aryl methyl sites for hydroxylation is 1. The van der Waals surface area contributed by atoms with Gasteiger partial charge in [0.05, 0.1) is 14.2 Å². The number of rotatable bonds is 6. The number of hydrogen-bond acceptors (Lipinski definition) is 4. The van der Waals surface area contributed by atoms with Crippen LogP contribution in [0.4, 0.5) is 5.69 Å². The van der Waals surface area contributed by atoms with Gasteiger partial charge in [0.25, 0.3) is 5.91 Å². The van der Waals surface area contributed by atoms with E-state index in [1.807, 2.05) is 55.5 Å². The van der Waals surface area contributed by atoms with Gasteiger partial charge in [-0.15, -0.1) is 0 Å². The summed E-state index contributed by atoms with van der Waals surface area (Å²) < 4.78 is 10.7. The van der Waals surface area contributed by atoms with Crippen molar-refractivity contribution in [2.24, 2.45) is 0 Å². The van der Waals surface area contributed by atoms with Crippen molar-refractivity contribution in [3.63, 3.8) is 0 Å². The van der Waals surface area contributed by atoms with E-state index >= 15 is 0 Å². The molecule has 0 aliphatic carbocycles. The highest BCUT2D eigenvalue weighted by Gasteiger charge is 2.19. The summed E-state index contributed by atoms with van der Waals surface area (Å²) in [6.07, 6.45) is -1.25. The zero-order valence-electron chi connectivity index (χ0n) is 16.1. The lowest BCUT2D eigenvalue weighted by Crippen LogP contribution is -2.21. The van der Waals surface area contributed by atoms with Gasteiger partial charge < -0.3 is 19.9 Å². The SMILES string of the molecule is COc1ccc(-c2ccccc2NC(=O)C(O)c2ccc(C)cc2)cc1OC. The van der Waals surface area contributed by atoms with E-state index in [-0.39, 0.29) is 0 Å². The molecule has 0 saturated heterocycles. The van der Waals surface area contributed by atoms with E-state index < -0.39 is 12.0 Å². The highest BCUT2D eigenvalue weighted by molar-refractivity contribution is 5.98. The summed E-state index contributed by atoms with van der Waals surface area (Å²) in [4.78, 5) is 12.6. The number of para-hydroxylation sites is 1. The largest absolute Gasteiger partial charge is 0.493 e. The van der Waals surface area contributed by atoms with Crippen molar-refractivity contribution in [2.75, 3.05) is 19.5 Å². The highest BCUT2D eigenvalue weighted by atomic mass is 16.5. The molecular weight excluding hydrogens is 354 g/mol. The molecule has 0 bridgehead atoms. The van der Waals surface area contributed by atoms with Crippen LogP contribution in [-0.4, -0.2) is 25.2 Å². The van der Waals surface area contributed by atoms with Crippen LogP contribution in [0.15, 0.2) is 66.7 Å². The predicted octanol–water partition coefficient (Wildman–Crippen LogP) is 4.35. The number of aliphatic hydroxyl groups is 1. The fourth-order valence-electron chi connectivity index (χ4n) is 2.95. The maximum atomic E-state index is 12.6. The third kappa shape index (κ3) is 4.15. The standard InChI is InChI=1S/C23H23NO4/c1-15-8-10-16(11-9-15)22(25)23(26)24-19-7-5-4-6-18(19)17-12-13-20(27-2)21(14-17)28-3/h4-14,22,25H,1-3H3,(H,24,26). The van der Waals surface area contributed by atoms with Gasteiger partial charge in [-0.3, -0.25) is 4.79 Å². The third-order valence-corrected chi connectivity index (χ3v) is 4.52. The molecule has 0 aliphatic heterocycles. The number of anilines is 1. The van der Waals surface area contributed by atoms with E-state index in [0.29, 0.717) is 22.7 Å². The Hall–Kier alpha value is -3.31. The van der Waals surface area contributed by atoms with Gasteiger partial charge in [0.1, 0.15) is 0 Å². The van der Waals surface area contributed by atoms with Crippen LogP contribution in [0.3, 0.4) is 0 Å². The second-order valence-corrected chi connectivity index (χ2v) is 6.42. The van der Waals surface area contributed by atoms with Crippen LogP contribution in [0.2, 0.25) is 0 Å². The number of carbonyl (C=O) groups is 1.